The Morgan fingerprint density at radius 1 is 0.718 bits per heavy atom. The number of hydrogen-bond acceptors (Lipinski definition) is 8. The Labute approximate surface area is 219 Å². The van der Waals surface area contributed by atoms with Crippen LogP contribution in [0, 0.1) is 0 Å². The number of benzene rings is 1. The number of rotatable bonds is 15. The molecule has 1 aromatic heterocycles. The monoisotopic (exact) mass is 549 g/mol. The quantitative estimate of drug-likeness (QED) is 0.117. The first-order valence-corrected chi connectivity index (χ1v) is 11.4. The Morgan fingerprint density at radius 2 is 1.23 bits per heavy atom. The van der Waals surface area contributed by atoms with Crippen molar-refractivity contribution in [2.24, 2.45) is 5.73 Å². The summed E-state index contributed by atoms with van der Waals surface area (Å²) in [7, 11) is 0. The van der Waals surface area contributed by atoms with Crippen LogP contribution < -0.4 is 21.7 Å². The summed E-state index contributed by atoms with van der Waals surface area (Å²) in [5.74, 6) is -9.56. The number of amides is 3. The van der Waals surface area contributed by atoms with Crippen molar-refractivity contribution in [3.8, 4) is 0 Å². The summed E-state index contributed by atoms with van der Waals surface area (Å²) >= 11 is 0. The van der Waals surface area contributed by atoms with E-state index in [-0.39, 0.29) is 6.42 Å². The average molecular weight is 549 g/mol. The van der Waals surface area contributed by atoms with Gasteiger partial charge in [-0.15, -0.1) is 0 Å². The minimum absolute atomic E-state index is 0.195. The number of carbonyl (C=O) groups excluding carboxylic acids is 3. The molecule has 0 aliphatic rings. The number of para-hydroxylation sites is 1. The molecule has 1 heterocycles. The van der Waals surface area contributed by atoms with Gasteiger partial charge in [-0.05, 0) is 11.6 Å². The van der Waals surface area contributed by atoms with E-state index < -0.39 is 85.0 Å². The summed E-state index contributed by atoms with van der Waals surface area (Å²) < 4.78 is 0. The molecular formula is C23H27N5O11. The smallest absolute Gasteiger partial charge is 0.326 e. The maximum absolute atomic E-state index is 13.2. The number of aromatic nitrogens is 1. The minimum Gasteiger partial charge on any atom is -0.481 e. The number of hydrogen-bond donors (Lipinski definition) is 9. The molecule has 0 saturated heterocycles. The first kappa shape index (κ1) is 30.2. The molecule has 0 fully saturated rings. The zero-order valence-electron chi connectivity index (χ0n) is 20.2. The van der Waals surface area contributed by atoms with Crippen LogP contribution in [0.5, 0.6) is 0 Å². The molecule has 4 unspecified atom stereocenters. The molecule has 3 amide bonds. The van der Waals surface area contributed by atoms with Crippen molar-refractivity contribution >= 4 is 52.5 Å². The number of nitrogens with two attached hydrogens (primary N) is 1. The average Bonchev–Trinajstić information content (AvgIpc) is 3.24. The number of aromatic amines is 1. The lowest BCUT2D eigenvalue weighted by Crippen LogP contribution is -2.58. The molecule has 0 spiro atoms. The van der Waals surface area contributed by atoms with Gasteiger partial charge in [0.2, 0.25) is 17.7 Å². The van der Waals surface area contributed by atoms with Gasteiger partial charge in [0.15, 0.2) is 0 Å². The Kier molecular flexibility index (Phi) is 10.5. The van der Waals surface area contributed by atoms with Crippen LogP contribution in [0.1, 0.15) is 24.8 Å². The van der Waals surface area contributed by atoms with E-state index in [1.54, 1.807) is 30.5 Å². The lowest BCUT2D eigenvalue weighted by atomic mass is 10.0. The van der Waals surface area contributed by atoms with Gasteiger partial charge in [0, 0.05) is 23.5 Å². The Morgan fingerprint density at radius 3 is 1.82 bits per heavy atom. The Bertz CT molecular complexity index is 1270. The number of aliphatic carboxylic acids is 4. The summed E-state index contributed by atoms with van der Waals surface area (Å²) in [5, 5.41) is 43.1. The molecule has 1 aromatic carbocycles. The molecule has 0 saturated carbocycles. The van der Waals surface area contributed by atoms with Crippen LogP contribution >= 0.6 is 0 Å². The first-order valence-electron chi connectivity index (χ1n) is 11.4. The van der Waals surface area contributed by atoms with Crippen molar-refractivity contribution in [1.29, 1.82) is 0 Å². The van der Waals surface area contributed by atoms with E-state index in [9.17, 15) is 38.7 Å². The number of carboxylic acid groups (broad SMARTS) is 4. The molecule has 16 nitrogen and oxygen atoms in total. The van der Waals surface area contributed by atoms with E-state index in [1.165, 1.54) is 0 Å². The molecule has 16 heteroatoms. The molecule has 210 valence electrons. The molecule has 0 bridgehead atoms. The molecule has 2 rings (SSSR count). The van der Waals surface area contributed by atoms with E-state index in [4.69, 9.17) is 21.1 Å². The van der Waals surface area contributed by atoms with Gasteiger partial charge in [-0.2, -0.15) is 0 Å². The van der Waals surface area contributed by atoms with Crippen LogP contribution in [0.3, 0.4) is 0 Å². The predicted octanol–water partition coefficient (Wildman–Crippen LogP) is -2.00. The molecule has 0 aliphatic carbocycles. The highest BCUT2D eigenvalue weighted by atomic mass is 16.4. The standard InChI is InChI=1S/C23H27N5O11/c24-12(6-17(29)30)20(35)26-14(5-10-9-25-13-4-2-1-3-11(10)13)21(36)27-15(7-18(31)32)22(37)28-16(23(38)39)8-19(33)34/h1-4,9,12,14-16,25H,5-8,24H2,(H,26,35)(H,27,36)(H,28,37)(H,29,30)(H,31,32)(H,33,34)(H,38,39). The van der Waals surface area contributed by atoms with Crippen molar-refractivity contribution < 1.29 is 54.0 Å². The van der Waals surface area contributed by atoms with Crippen molar-refractivity contribution in [1.82, 2.24) is 20.9 Å². The molecule has 2 aromatic rings. The summed E-state index contributed by atoms with van der Waals surface area (Å²) in [6, 6.07) is 0.158. The summed E-state index contributed by atoms with van der Waals surface area (Å²) in [6.07, 6.45) is -1.42. The van der Waals surface area contributed by atoms with Crippen LogP contribution in [0.25, 0.3) is 10.9 Å². The van der Waals surface area contributed by atoms with E-state index in [0.29, 0.717) is 16.5 Å². The normalized spacial score (nSPS) is 13.9. The third kappa shape index (κ3) is 9.12. The fourth-order valence-corrected chi connectivity index (χ4v) is 3.59. The first-order chi connectivity index (χ1) is 18.3. The molecule has 39 heavy (non-hydrogen) atoms. The number of nitrogens with one attached hydrogen (secondary N) is 4. The molecular weight excluding hydrogens is 522 g/mol. The second-order valence-corrected chi connectivity index (χ2v) is 8.49. The SMILES string of the molecule is NC(CC(=O)O)C(=O)NC(Cc1c[nH]c2ccccc12)C(=O)NC(CC(=O)O)C(=O)NC(CC(=O)O)C(=O)O. The number of carbonyl (C=O) groups is 7. The topological polar surface area (TPSA) is 278 Å². The Hall–Kier alpha value is -4.99. The van der Waals surface area contributed by atoms with E-state index in [1.807, 2.05) is 5.32 Å². The minimum atomic E-state index is -1.92. The number of H-pyrrole nitrogens is 1. The maximum Gasteiger partial charge on any atom is 0.326 e. The second kappa shape index (κ2) is 13.5. The van der Waals surface area contributed by atoms with Crippen LogP contribution in [0.4, 0.5) is 0 Å². The number of carboxylic acids is 4. The van der Waals surface area contributed by atoms with Gasteiger partial charge >= 0.3 is 23.9 Å². The highest BCUT2D eigenvalue weighted by molar-refractivity contribution is 5.97. The molecule has 0 radical (unpaired) electrons. The zero-order chi connectivity index (χ0) is 29.3. The third-order valence-corrected chi connectivity index (χ3v) is 5.47. The van der Waals surface area contributed by atoms with E-state index >= 15 is 0 Å². The summed E-state index contributed by atoms with van der Waals surface area (Å²) in [4.78, 5) is 85.9. The predicted molar refractivity (Wildman–Crippen MR) is 130 cm³/mol. The highest BCUT2D eigenvalue weighted by Gasteiger charge is 2.33. The van der Waals surface area contributed by atoms with Gasteiger partial charge in [-0.1, -0.05) is 18.2 Å². The maximum atomic E-state index is 13.2. The van der Waals surface area contributed by atoms with E-state index in [2.05, 4.69) is 15.6 Å². The van der Waals surface area contributed by atoms with E-state index in [0.717, 1.165) is 0 Å². The third-order valence-electron chi connectivity index (χ3n) is 5.47. The van der Waals surface area contributed by atoms with Crippen molar-refractivity contribution in [3.63, 3.8) is 0 Å². The van der Waals surface area contributed by atoms with Gasteiger partial charge < -0.3 is 47.1 Å². The molecule has 4 atom stereocenters. The zero-order valence-corrected chi connectivity index (χ0v) is 20.2. The van der Waals surface area contributed by atoms with Gasteiger partial charge in [-0.25, -0.2) is 4.79 Å². The van der Waals surface area contributed by atoms with Crippen LogP contribution in [0.15, 0.2) is 30.5 Å². The molecule has 10 N–H and O–H groups in total. The van der Waals surface area contributed by atoms with Crippen molar-refractivity contribution in [2.45, 2.75) is 49.9 Å². The van der Waals surface area contributed by atoms with Crippen LogP contribution in [-0.4, -0.2) is 91.2 Å². The largest absolute Gasteiger partial charge is 0.481 e. The van der Waals surface area contributed by atoms with Gasteiger partial charge in [0.25, 0.3) is 0 Å². The fraction of sp³-hybridized carbons (Fsp3) is 0.348. The number of fused-ring (bicyclic) bond motifs is 1. The fourth-order valence-electron chi connectivity index (χ4n) is 3.59. The highest BCUT2D eigenvalue weighted by Crippen LogP contribution is 2.19. The lowest BCUT2D eigenvalue weighted by molar-refractivity contribution is -0.148. The summed E-state index contributed by atoms with van der Waals surface area (Å²) in [5.41, 5.74) is 6.82. The van der Waals surface area contributed by atoms with Gasteiger partial charge in [-0.3, -0.25) is 28.8 Å². The van der Waals surface area contributed by atoms with Crippen molar-refractivity contribution in [3.05, 3.63) is 36.0 Å². The Balaban J connectivity index is 2.32. The lowest BCUT2D eigenvalue weighted by Gasteiger charge is -2.24. The molecule has 0 aliphatic heterocycles. The van der Waals surface area contributed by atoms with Crippen molar-refractivity contribution in [2.75, 3.05) is 0 Å². The summed E-state index contributed by atoms with van der Waals surface area (Å²) in [6.45, 7) is 0. The second-order valence-electron chi connectivity index (χ2n) is 8.49. The van der Waals surface area contributed by atoms with Gasteiger partial charge in [0.1, 0.15) is 18.1 Å². The van der Waals surface area contributed by atoms with Crippen LogP contribution in [0.2, 0.25) is 0 Å². The van der Waals surface area contributed by atoms with Crippen LogP contribution in [-0.2, 0) is 40.0 Å². The van der Waals surface area contributed by atoms with Gasteiger partial charge in [0.05, 0.1) is 25.3 Å².